The molecule has 1 aliphatic heterocycles. The van der Waals surface area contributed by atoms with Gasteiger partial charge in [-0.15, -0.1) is 4.83 Å². The van der Waals surface area contributed by atoms with E-state index in [1.54, 1.807) is 29.3 Å². The molecule has 3 aromatic carbocycles. The Morgan fingerprint density at radius 2 is 1.36 bits per heavy atom. The Hall–Kier alpha value is -3.70. The highest BCUT2D eigenvalue weighted by Crippen LogP contribution is 2.28. The Bertz CT molecular complexity index is 1480. The van der Waals surface area contributed by atoms with Crippen molar-refractivity contribution < 1.29 is 22.8 Å². The summed E-state index contributed by atoms with van der Waals surface area (Å²) in [4.78, 5) is 43.3. The molecule has 0 saturated carbocycles. The molecule has 1 aliphatic carbocycles. The largest absolute Gasteiger partial charge is 0.322 e. The summed E-state index contributed by atoms with van der Waals surface area (Å²) in [6.45, 7) is 2.71. The first-order valence-corrected chi connectivity index (χ1v) is 12.9. The highest BCUT2D eigenvalue weighted by Gasteiger charge is 2.30. The molecule has 0 aromatic heterocycles. The molecule has 2 N–H and O–H groups in total. The number of sulfonamides is 1. The van der Waals surface area contributed by atoms with Gasteiger partial charge in [-0.1, -0.05) is 24.3 Å². The van der Waals surface area contributed by atoms with Crippen LogP contribution >= 0.6 is 0 Å². The lowest BCUT2D eigenvalue weighted by atomic mass is 9.83. The number of rotatable bonds is 5. The Morgan fingerprint density at radius 1 is 0.778 bits per heavy atom. The third-order valence-corrected chi connectivity index (χ3v) is 7.75. The fourth-order valence-electron chi connectivity index (χ4n) is 4.28. The molecule has 0 bridgehead atoms. The van der Waals surface area contributed by atoms with E-state index in [0.29, 0.717) is 29.9 Å². The van der Waals surface area contributed by atoms with Gasteiger partial charge in [-0.3, -0.25) is 14.4 Å². The Labute approximate surface area is 208 Å². The van der Waals surface area contributed by atoms with Gasteiger partial charge in [-0.05, 0) is 49.5 Å². The number of benzene rings is 3. The van der Waals surface area contributed by atoms with E-state index in [1.807, 2.05) is 7.05 Å². The van der Waals surface area contributed by atoms with Crippen molar-refractivity contribution >= 4 is 33.2 Å². The molecule has 0 spiro atoms. The van der Waals surface area contributed by atoms with Crippen LogP contribution in [0.5, 0.6) is 0 Å². The zero-order chi connectivity index (χ0) is 25.4. The molecule has 1 fully saturated rings. The second kappa shape index (κ2) is 9.40. The third-order valence-electron chi connectivity index (χ3n) is 6.36. The summed E-state index contributed by atoms with van der Waals surface area (Å²) >= 11 is 0. The maximum atomic E-state index is 12.9. The van der Waals surface area contributed by atoms with Crippen molar-refractivity contribution in [3.05, 3.63) is 94.5 Å². The molecule has 3 aromatic rings. The van der Waals surface area contributed by atoms with E-state index in [4.69, 9.17) is 0 Å². The van der Waals surface area contributed by atoms with Crippen LogP contribution in [0.4, 0.5) is 5.69 Å². The predicted molar refractivity (Wildman–Crippen MR) is 134 cm³/mol. The van der Waals surface area contributed by atoms with Crippen molar-refractivity contribution in [2.75, 3.05) is 38.5 Å². The SMILES string of the molecule is CN1CCN(NS(=O)(=O)c2ccc(NC(=O)c3ccc4c(c3)C(=O)c3ccccc3C4=O)cc2)CC1. The van der Waals surface area contributed by atoms with Gasteiger partial charge in [0.05, 0.1) is 4.90 Å². The number of likely N-dealkylation sites (N-methyl/N-ethyl adjacent to an activating group) is 1. The van der Waals surface area contributed by atoms with Crippen molar-refractivity contribution in [2.24, 2.45) is 0 Å². The minimum Gasteiger partial charge on any atom is -0.322 e. The van der Waals surface area contributed by atoms with E-state index in [2.05, 4.69) is 15.0 Å². The number of piperazine rings is 1. The van der Waals surface area contributed by atoms with Crippen molar-refractivity contribution in [3.63, 3.8) is 0 Å². The summed E-state index contributed by atoms with van der Waals surface area (Å²) in [6.07, 6.45) is 0. The van der Waals surface area contributed by atoms with E-state index in [0.717, 1.165) is 13.1 Å². The van der Waals surface area contributed by atoms with Crippen LogP contribution in [0.15, 0.2) is 71.6 Å². The number of hydrazine groups is 1. The molecule has 10 heteroatoms. The van der Waals surface area contributed by atoms with Crippen LogP contribution in [-0.2, 0) is 10.0 Å². The molecule has 1 amide bonds. The molecular weight excluding hydrogens is 480 g/mol. The number of carbonyl (C=O) groups is 3. The van der Waals surface area contributed by atoms with Gasteiger partial charge in [0, 0.05) is 59.7 Å². The lowest BCUT2D eigenvalue weighted by Gasteiger charge is -2.32. The molecule has 0 radical (unpaired) electrons. The Kier molecular flexibility index (Phi) is 6.27. The molecule has 5 rings (SSSR count). The van der Waals surface area contributed by atoms with Crippen LogP contribution in [0.3, 0.4) is 0 Å². The smallest absolute Gasteiger partial charge is 0.255 e. The van der Waals surface area contributed by atoms with E-state index in [-0.39, 0.29) is 33.2 Å². The lowest BCUT2D eigenvalue weighted by molar-refractivity contribution is 0.0978. The molecule has 36 heavy (non-hydrogen) atoms. The average molecular weight is 505 g/mol. The van der Waals surface area contributed by atoms with Gasteiger partial charge in [0.2, 0.25) is 0 Å². The van der Waals surface area contributed by atoms with Gasteiger partial charge in [0.25, 0.3) is 15.9 Å². The molecule has 2 aliphatic rings. The topological polar surface area (TPSA) is 116 Å². The quantitative estimate of drug-likeness (QED) is 0.428. The molecule has 1 saturated heterocycles. The Balaban J connectivity index is 1.29. The van der Waals surface area contributed by atoms with E-state index >= 15 is 0 Å². The first kappa shape index (κ1) is 24.0. The van der Waals surface area contributed by atoms with Crippen molar-refractivity contribution in [2.45, 2.75) is 4.90 Å². The van der Waals surface area contributed by atoms with Crippen LogP contribution in [0.2, 0.25) is 0 Å². The maximum Gasteiger partial charge on any atom is 0.255 e. The fourth-order valence-corrected chi connectivity index (χ4v) is 5.40. The molecule has 1 heterocycles. The number of ketones is 2. The number of amides is 1. The first-order valence-electron chi connectivity index (χ1n) is 11.4. The van der Waals surface area contributed by atoms with Crippen LogP contribution in [0, 0.1) is 0 Å². The van der Waals surface area contributed by atoms with E-state index in [9.17, 15) is 22.8 Å². The van der Waals surface area contributed by atoms with Crippen molar-refractivity contribution in [1.82, 2.24) is 14.7 Å². The standard InChI is InChI=1S/C26H24N4O5S/c1-29-12-14-30(15-13-29)28-36(34,35)19-9-7-18(8-10-19)27-26(33)17-6-11-22-23(16-17)25(32)21-5-3-2-4-20(21)24(22)31/h2-11,16,28H,12-15H2,1H3,(H,27,33). The number of carbonyl (C=O) groups excluding carboxylic acids is 3. The summed E-state index contributed by atoms with van der Waals surface area (Å²) in [7, 11) is -1.76. The number of nitrogens with zero attached hydrogens (tertiary/aromatic N) is 2. The van der Waals surface area contributed by atoms with Crippen molar-refractivity contribution in [3.8, 4) is 0 Å². The summed E-state index contributed by atoms with van der Waals surface area (Å²) in [5.74, 6) is -1.05. The number of hydrogen-bond acceptors (Lipinski definition) is 7. The molecule has 9 nitrogen and oxygen atoms in total. The van der Waals surface area contributed by atoms with Gasteiger partial charge in [-0.25, -0.2) is 13.4 Å². The summed E-state index contributed by atoms with van der Waals surface area (Å²) < 4.78 is 25.4. The van der Waals surface area contributed by atoms with Crippen molar-refractivity contribution in [1.29, 1.82) is 0 Å². The predicted octanol–water partition coefficient (Wildman–Crippen LogP) is 2.15. The minimum absolute atomic E-state index is 0.0796. The highest BCUT2D eigenvalue weighted by atomic mass is 32.2. The van der Waals surface area contributed by atoms with Crippen LogP contribution in [0.1, 0.15) is 42.2 Å². The zero-order valence-electron chi connectivity index (χ0n) is 19.5. The van der Waals surface area contributed by atoms with Gasteiger partial charge in [0.1, 0.15) is 0 Å². The van der Waals surface area contributed by atoms with Gasteiger partial charge >= 0.3 is 0 Å². The second-order valence-corrected chi connectivity index (χ2v) is 10.5. The number of hydrogen-bond donors (Lipinski definition) is 2. The second-order valence-electron chi connectivity index (χ2n) is 8.83. The van der Waals surface area contributed by atoms with Gasteiger partial charge in [-0.2, -0.15) is 0 Å². The minimum atomic E-state index is -3.75. The van der Waals surface area contributed by atoms with E-state index < -0.39 is 15.9 Å². The van der Waals surface area contributed by atoms with Crippen LogP contribution < -0.4 is 10.1 Å². The third kappa shape index (κ3) is 4.59. The van der Waals surface area contributed by atoms with E-state index in [1.165, 1.54) is 42.5 Å². The van der Waals surface area contributed by atoms with Gasteiger partial charge in [0.15, 0.2) is 11.6 Å². The van der Waals surface area contributed by atoms with Crippen LogP contribution in [-0.4, -0.2) is 69.0 Å². The molecule has 184 valence electrons. The zero-order valence-corrected chi connectivity index (χ0v) is 20.3. The molecule has 0 unspecified atom stereocenters. The van der Waals surface area contributed by atoms with Gasteiger partial charge < -0.3 is 10.2 Å². The summed E-state index contributed by atoms with van der Waals surface area (Å²) in [6, 6.07) is 16.8. The lowest BCUT2D eigenvalue weighted by Crippen LogP contribution is -2.52. The maximum absolute atomic E-state index is 12.9. The number of nitrogens with one attached hydrogen (secondary N) is 2. The summed E-state index contributed by atoms with van der Waals surface area (Å²) in [5, 5.41) is 4.38. The molecular formula is C26H24N4O5S. The fraction of sp³-hybridized carbons (Fsp3) is 0.192. The molecule has 0 atom stereocenters. The summed E-state index contributed by atoms with van der Waals surface area (Å²) in [5.41, 5.74) is 1.71. The highest BCUT2D eigenvalue weighted by molar-refractivity contribution is 7.89. The number of anilines is 1. The monoisotopic (exact) mass is 504 g/mol. The average Bonchev–Trinajstić information content (AvgIpc) is 2.88. The first-order chi connectivity index (χ1) is 17.2. The van der Waals surface area contributed by atoms with Crippen LogP contribution in [0.25, 0.3) is 0 Å². The Morgan fingerprint density at radius 3 is 2.00 bits per heavy atom. The normalized spacial score (nSPS) is 16.4. The number of fused-ring (bicyclic) bond motifs is 2.